The average Bonchev–Trinajstić information content (AvgIpc) is 2.59. The van der Waals surface area contributed by atoms with Crippen molar-refractivity contribution in [2.24, 2.45) is 0 Å². The molecule has 0 bridgehead atoms. The minimum Gasteiger partial charge on any atom is -0.335 e. The Bertz CT molecular complexity index is 730. The van der Waals surface area contributed by atoms with Crippen molar-refractivity contribution in [2.75, 3.05) is 7.05 Å². The second-order valence-corrected chi connectivity index (χ2v) is 6.50. The molecule has 0 aliphatic carbocycles. The van der Waals surface area contributed by atoms with Crippen molar-refractivity contribution in [3.8, 4) is 0 Å². The number of likely N-dealkylation sites (N-methyl/N-ethyl adjacent to an activating group) is 1. The van der Waals surface area contributed by atoms with Crippen LogP contribution in [0.15, 0.2) is 59.8 Å². The number of halogens is 3. The number of alkyl halides is 3. The van der Waals surface area contributed by atoms with Crippen LogP contribution in [-0.2, 0) is 4.79 Å². The van der Waals surface area contributed by atoms with E-state index in [9.17, 15) is 18.0 Å². The predicted octanol–water partition coefficient (Wildman–Crippen LogP) is 4.93. The van der Waals surface area contributed by atoms with E-state index in [1.54, 1.807) is 48.6 Å². The highest BCUT2D eigenvalue weighted by molar-refractivity contribution is 8.00. The van der Waals surface area contributed by atoms with E-state index in [0.717, 1.165) is 5.56 Å². The second kappa shape index (κ2) is 8.20. The van der Waals surface area contributed by atoms with Crippen molar-refractivity contribution >= 4 is 23.7 Å². The van der Waals surface area contributed by atoms with Gasteiger partial charge in [0.25, 0.3) is 0 Å². The molecule has 0 fully saturated rings. The monoisotopic (exact) mass is 366 g/mol. The number of carbonyl (C=O) groups is 1. The summed E-state index contributed by atoms with van der Waals surface area (Å²) in [4.78, 5) is 18.0. The first-order chi connectivity index (χ1) is 11.8. The molecule has 1 unspecified atom stereocenters. The molecule has 0 spiro atoms. The Morgan fingerprint density at radius 2 is 1.92 bits per heavy atom. The van der Waals surface area contributed by atoms with Crippen molar-refractivity contribution in [1.29, 1.82) is 0 Å². The molecule has 2 rings (SSSR count). The zero-order valence-electron chi connectivity index (χ0n) is 13.7. The maximum absolute atomic E-state index is 12.3. The quantitative estimate of drug-likeness (QED) is 0.556. The van der Waals surface area contributed by atoms with Crippen LogP contribution in [0.1, 0.15) is 24.1 Å². The summed E-state index contributed by atoms with van der Waals surface area (Å²) < 4.78 is 36.9. The van der Waals surface area contributed by atoms with Crippen LogP contribution in [-0.4, -0.2) is 28.3 Å². The van der Waals surface area contributed by atoms with Crippen LogP contribution in [0.25, 0.3) is 6.08 Å². The van der Waals surface area contributed by atoms with Gasteiger partial charge in [0, 0.05) is 30.4 Å². The van der Waals surface area contributed by atoms with Gasteiger partial charge in [0.15, 0.2) is 0 Å². The fourth-order valence-electron chi connectivity index (χ4n) is 2.10. The number of hydrogen-bond acceptors (Lipinski definition) is 3. The summed E-state index contributed by atoms with van der Waals surface area (Å²) in [7, 11) is 1.69. The van der Waals surface area contributed by atoms with Crippen LogP contribution in [0.5, 0.6) is 0 Å². The molecule has 1 heterocycles. The molecule has 0 saturated heterocycles. The third-order valence-electron chi connectivity index (χ3n) is 3.63. The fraction of sp³-hybridized carbons (Fsp3) is 0.222. The van der Waals surface area contributed by atoms with Gasteiger partial charge in [-0.15, -0.1) is 0 Å². The van der Waals surface area contributed by atoms with Gasteiger partial charge in [-0.25, -0.2) is 0 Å². The number of nitrogens with zero attached hydrogens (tertiary/aromatic N) is 2. The summed E-state index contributed by atoms with van der Waals surface area (Å²) in [5, 5.41) is 0. The van der Waals surface area contributed by atoms with Gasteiger partial charge >= 0.3 is 5.51 Å². The Kier molecular flexibility index (Phi) is 6.25. The first-order valence-electron chi connectivity index (χ1n) is 7.47. The van der Waals surface area contributed by atoms with Gasteiger partial charge in [0.2, 0.25) is 5.91 Å². The Balaban J connectivity index is 1.99. The molecule has 0 aliphatic heterocycles. The van der Waals surface area contributed by atoms with Gasteiger partial charge in [0.05, 0.1) is 6.04 Å². The zero-order valence-corrected chi connectivity index (χ0v) is 14.5. The highest BCUT2D eigenvalue weighted by Crippen LogP contribution is 2.36. The van der Waals surface area contributed by atoms with Crippen LogP contribution in [0.2, 0.25) is 0 Å². The summed E-state index contributed by atoms with van der Waals surface area (Å²) in [5.74, 6) is -0.204. The van der Waals surface area contributed by atoms with E-state index in [4.69, 9.17) is 0 Å². The molecule has 25 heavy (non-hydrogen) atoms. The van der Waals surface area contributed by atoms with E-state index in [1.165, 1.54) is 18.2 Å². The first-order valence-corrected chi connectivity index (χ1v) is 8.28. The molecule has 1 amide bonds. The maximum atomic E-state index is 12.3. The predicted molar refractivity (Wildman–Crippen MR) is 92.8 cm³/mol. The average molecular weight is 366 g/mol. The number of benzene rings is 1. The number of rotatable bonds is 5. The lowest BCUT2D eigenvalue weighted by molar-refractivity contribution is -0.126. The molecule has 0 aliphatic rings. The van der Waals surface area contributed by atoms with Crippen molar-refractivity contribution in [2.45, 2.75) is 23.4 Å². The molecule has 132 valence electrons. The standard InChI is InChI=1S/C18H17F3N2OS/c1-13(15-4-3-11-22-12-15)23(2)17(24)10-7-14-5-8-16(9-6-14)25-18(19,20)21/h3-13H,1-2H3/b10-7+. The molecule has 7 heteroatoms. The molecular formula is C18H17F3N2OS. The van der Waals surface area contributed by atoms with Gasteiger partial charge in [-0.2, -0.15) is 13.2 Å². The van der Waals surface area contributed by atoms with E-state index in [-0.39, 0.29) is 28.6 Å². The molecule has 2 aromatic rings. The highest BCUT2D eigenvalue weighted by Gasteiger charge is 2.28. The third-order valence-corrected chi connectivity index (χ3v) is 4.37. The van der Waals surface area contributed by atoms with Crippen molar-refractivity contribution in [3.05, 3.63) is 66.0 Å². The molecular weight excluding hydrogens is 349 g/mol. The topological polar surface area (TPSA) is 33.2 Å². The zero-order chi connectivity index (χ0) is 18.4. The first kappa shape index (κ1) is 19.1. The largest absolute Gasteiger partial charge is 0.446 e. The van der Waals surface area contributed by atoms with Gasteiger partial charge in [-0.3, -0.25) is 9.78 Å². The number of thioether (sulfide) groups is 1. The number of hydrogen-bond donors (Lipinski definition) is 0. The van der Waals surface area contributed by atoms with E-state index in [2.05, 4.69) is 4.98 Å². The normalized spacial score (nSPS) is 13.0. The van der Waals surface area contributed by atoms with Crippen molar-refractivity contribution in [3.63, 3.8) is 0 Å². The minimum absolute atomic E-state index is 0.110. The number of pyridine rings is 1. The minimum atomic E-state index is -4.31. The summed E-state index contributed by atoms with van der Waals surface area (Å²) in [6.07, 6.45) is 6.35. The molecule has 3 nitrogen and oxygen atoms in total. The number of carbonyl (C=O) groups excluding carboxylic acids is 1. The van der Waals surface area contributed by atoms with Crippen molar-refractivity contribution < 1.29 is 18.0 Å². The summed E-state index contributed by atoms with van der Waals surface area (Å²) in [5.41, 5.74) is -2.74. The molecule has 1 atom stereocenters. The van der Waals surface area contributed by atoms with Crippen LogP contribution >= 0.6 is 11.8 Å². The maximum Gasteiger partial charge on any atom is 0.446 e. The van der Waals surface area contributed by atoms with Crippen LogP contribution in [0.4, 0.5) is 13.2 Å². The Hall–Kier alpha value is -2.28. The van der Waals surface area contributed by atoms with Gasteiger partial charge in [0.1, 0.15) is 0 Å². The Morgan fingerprint density at radius 3 is 2.48 bits per heavy atom. The molecule has 0 saturated carbocycles. The lowest BCUT2D eigenvalue weighted by Crippen LogP contribution is -2.28. The highest BCUT2D eigenvalue weighted by atomic mass is 32.2. The molecule has 1 aromatic heterocycles. The van der Waals surface area contributed by atoms with Crippen LogP contribution in [0, 0.1) is 0 Å². The van der Waals surface area contributed by atoms with E-state index >= 15 is 0 Å². The number of amides is 1. The summed E-state index contributed by atoms with van der Waals surface area (Å²) >= 11 is -0.165. The fourth-order valence-corrected chi connectivity index (χ4v) is 2.64. The lowest BCUT2D eigenvalue weighted by atomic mass is 10.1. The lowest BCUT2D eigenvalue weighted by Gasteiger charge is -2.23. The Labute approximate surface area is 148 Å². The second-order valence-electron chi connectivity index (χ2n) is 5.36. The molecule has 1 aromatic carbocycles. The van der Waals surface area contributed by atoms with Gasteiger partial charge in [-0.05, 0) is 54.1 Å². The van der Waals surface area contributed by atoms with Crippen LogP contribution < -0.4 is 0 Å². The van der Waals surface area contributed by atoms with E-state index in [0.29, 0.717) is 5.56 Å². The third kappa shape index (κ3) is 5.94. The molecule has 0 N–H and O–H groups in total. The van der Waals surface area contributed by atoms with E-state index in [1.807, 2.05) is 13.0 Å². The smallest absolute Gasteiger partial charge is 0.335 e. The molecule has 0 radical (unpaired) electrons. The SMILES string of the molecule is CC(c1cccnc1)N(C)C(=O)/C=C/c1ccc(SC(F)(F)F)cc1. The van der Waals surface area contributed by atoms with E-state index < -0.39 is 5.51 Å². The Morgan fingerprint density at radius 1 is 1.24 bits per heavy atom. The van der Waals surface area contributed by atoms with Gasteiger partial charge in [-0.1, -0.05) is 18.2 Å². The van der Waals surface area contributed by atoms with Gasteiger partial charge < -0.3 is 4.90 Å². The summed E-state index contributed by atoms with van der Waals surface area (Å²) in [6.45, 7) is 1.89. The van der Waals surface area contributed by atoms with Crippen molar-refractivity contribution in [1.82, 2.24) is 9.88 Å². The number of aromatic nitrogens is 1. The summed E-state index contributed by atoms with van der Waals surface area (Å²) in [6, 6.07) is 9.40. The van der Waals surface area contributed by atoms with Crippen LogP contribution in [0.3, 0.4) is 0 Å².